The third-order valence-electron chi connectivity index (χ3n) is 3.88. The van der Waals surface area contributed by atoms with Crippen LogP contribution >= 0.6 is 24.0 Å². The molecule has 3 N–H and O–H groups in total. The van der Waals surface area contributed by atoms with Crippen LogP contribution < -0.4 is 16.0 Å². The van der Waals surface area contributed by atoms with E-state index in [9.17, 15) is 18.0 Å². The number of carbonyl (C=O) groups is 1. The van der Waals surface area contributed by atoms with E-state index in [1.54, 1.807) is 7.05 Å². The van der Waals surface area contributed by atoms with Gasteiger partial charge < -0.3 is 16.0 Å². The van der Waals surface area contributed by atoms with Crippen LogP contribution in [0.5, 0.6) is 0 Å². The first kappa shape index (κ1) is 25.5. The predicted octanol–water partition coefficient (Wildman–Crippen LogP) is 3.34. The second-order valence-electron chi connectivity index (χ2n) is 6.00. The number of benzene rings is 1. The van der Waals surface area contributed by atoms with Crippen molar-refractivity contribution in [1.29, 1.82) is 0 Å². The van der Waals surface area contributed by atoms with Crippen molar-refractivity contribution < 1.29 is 18.0 Å². The second kappa shape index (κ2) is 12.8. The molecule has 27 heavy (non-hydrogen) atoms. The van der Waals surface area contributed by atoms with Crippen LogP contribution in [0.25, 0.3) is 0 Å². The van der Waals surface area contributed by atoms with E-state index in [1.165, 1.54) is 12.1 Å². The van der Waals surface area contributed by atoms with E-state index < -0.39 is 11.7 Å². The summed E-state index contributed by atoms with van der Waals surface area (Å²) in [6, 6.07) is 5.26. The predicted molar refractivity (Wildman–Crippen MR) is 112 cm³/mol. The Morgan fingerprint density at radius 3 is 2.26 bits per heavy atom. The van der Waals surface area contributed by atoms with Gasteiger partial charge in [0.25, 0.3) is 0 Å². The molecule has 0 aliphatic heterocycles. The zero-order valence-corrected chi connectivity index (χ0v) is 18.2. The fourth-order valence-electron chi connectivity index (χ4n) is 2.15. The van der Waals surface area contributed by atoms with Gasteiger partial charge in [0.15, 0.2) is 5.96 Å². The van der Waals surface area contributed by atoms with Crippen molar-refractivity contribution in [2.45, 2.75) is 45.3 Å². The molecule has 0 aliphatic rings. The summed E-state index contributed by atoms with van der Waals surface area (Å²) in [5, 5.41) is 8.99. The molecular formula is C18H28F3IN4O. The number of hydrogen-bond acceptors (Lipinski definition) is 2. The molecule has 1 aromatic carbocycles. The number of alkyl halides is 3. The minimum absolute atomic E-state index is 0. The molecule has 0 saturated heterocycles. The van der Waals surface area contributed by atoms with E-state index in [2.05, 4.69) is 20.9 Å². The Balaban J connectivity index is 0.00000676. The molecule has 1 unspecified atom stereocenters. The molecule has 0 fully saturated rings. The van der Waals surface area contributed by atoms with Gasteiger partial charge in [-0.05, 0) is 37.5 Å². The highest BCUT2D eigenvalue weighted by molar-refractivity contribution is 14.0. The summed E-state index contributed by atoms with van der Waals surface area (Å²) in [7, 11) is 1.62. The monoisotopic (exact) mass is 500 g/mol. The summed E-state index contributed by atoms with van der Waals surface area (Å²) < 4.78 is 37.6. The van der Waals surface area contributed by atoms with Gasteiger partial charge in [-0.3, -0.25) is 9.79 Å². The number of nitrogens with one attached hydrogen (secondary N) is 3. The number of halogens is 4. The van der Waals surface area contributed by atoms with Crippen LogP contribution in [0.1, 0.15) is 37.8 Å². The van der Waals surface area contributed by atoms with E-state index in [4.69, 9.17) is 0 Å². The Morgan fingerprint density at radius 1 is 1.15 bits per heavy atom. The summed E-state index contributed by atoms with van der Waals surface area (Å²) in [6.07, 6.45) is -2.53. The molecule has 0 heterocycles. The first-order valence-corrected chi connectivity index (χ1v) is 8.66. The van der Waals surface area contributed by atoms with Gasteiger partial charge in [0.05, 0.1) is 5.56 Å². The van der Waals surface area contributed by atoms with Crippen molar-refractivity contribution in [3.63, 3.8) is 0 Å². The molecule has 0 spiro atoms. The molecule has 154 valence electrons. The topological polar surface area (TPSA) is 65.5 Å². The van der Waals surface area contributed by atoms with Crippen molar-refractivity contribution in [1.82, 2.24) is 16.0 Å². The maximum Gasteiger partial charge on any atom is 0.416 e. The number of aliphatic imine (C=N–C) groups is 1. The normalized spacial score (nSPS) is 12.7. The summed E-state index contributed by atoms with van der Waals surface area (Å²) in [4.78, 5) is 15.7. The molecule has 1 atom stereocenters. The van der Waals surface area contributed by atoms with Gasteiger partial charge in [-0.15, -0.1) is 24.0 Å². The van der Waals surface area contributed by atoms with Crippen LogP contribution in [0, 0.1) is 0 Å². The zero-order valence-electron chi connectivity index (χ0n) is 15.8. The van der Waals surface area contributed by atoms with Crippen molar-refractivity contribution in [3.05, 3.63) is 35.4 Å². The molecule has 1 aromatic rings. The van der Waals surface area contributed by atoms with Gasteiger partial charge in [0.1, 0.15) is 0 Å². The molecule has 0 aromatic heterocycles. The number of carbonyl (C=O) groups excluding carboxylic acids is 1. The number of hydrogen-bond donors (Lipinski definition) is 3. The van der Waals surface area contributed by atoms with Crippen LogP contribution in [0.4, 0.5) is 13.2 Å². The maximum absolute atomic E-state index is 12.5. The first-order chi connectivity index (χ1) is 12.3. The van der Waals surface area contributed by atoms with Gasteiger partial charge in [-0.1, -0.05) is 19.1 Å². The van der Waals surface area contributed by atoms with E-state index in [0.717, 1.165) is 24.1 Å². The molecular weight excluding hydrogens is 472 g/mol. The van der Waals surface area contributed by atoms with E-state index in [1.807, 2.05) is 13.8 Å². The highest BCUT2D eigenvalue weighted by Crippen LogP contribution is 2.29. The third kappa shape index (κ3) is 10.4. The van der Waals surface area contributed by atoms with Crippen LogP contribution in [-0.2, 0) is 17.4 Å². The highest BCUT2D eigenvalue weighted by Gasteiger charge is 2.29. The lowest BCUT2D eigenvalue weighted by Crippen LogP contribution is -2.41. The van der Waals surface area contributed by atoms with Gasteiger partial charge >= 0.3 is 6.18 Å². The molecule has 0 bridgehead atoms. The van der Waals surface area contributed by atoms with Crippen molar-refractivity contribution >= 4 is 35.8 Å². The zero-order chi connectivity index (χ0) is 19.6. The largest absolute Gasteiger partial charge is 0.416 e. The number of guanidine groups is 1. The minimum atomic E-state index is -4.32. The molecule has 0 saturated carbocycles. The Hall–Kier alpha value is -1.52. The Labute approximate surface area is 175 Å². The SMILES string of the molecule is CCC(C)NC(=O)CCNC(=NC)NCCc1ccc(C(F)(F)F)cc1.I. The summed E-state index contributed by atoms with van der Waals surface area (Å²) >= 11 is 0. The van der Waals surface area contributed by atoms with E-state index in [0.29, 0.717) is 31.9 Å². The van der Waals surface area contributed by atoms with Gasteiger partial charge in [0.2, 0.25) is 5.91 Å². The third-order valence-corrected chi connectivity index (χ3v) is 3.88. The molecule has 0 radical (unpaired) electrons. The fraction of sp³-hybridized carbons (Fsp3) is 0.556. The lowest BCUT2D eigenvalue weighted by atomic mass is 10.1. The second-order valence-corrected chi connectivity index (χ2v) is 6.00. The Bertz CT molecular complexity index is 591. The Morgan fingerprint density at radius 2 is 1.74 bits per heavy atom. The number of nitrogens with zero attached hydrogens (tertiary/aromatic N) is 1. The van der Waals surface area contributed by atoms with Crippen molar-refractivity contribution in [3.8, 4) is 0 Å². The maximum atomic E-state index is 12.5. The summed E-state index contributed by atoms with van der Waals surface area (Å²) in [5.74, 6) is 0.528. The highest BCUT2D eigenvalue weighted by atomic mass is 127. The number of amides is 1. The standard InChI is InChI=1S/C18H27F3N4O.HI/c1-4-13(2)25-16(26)10-12-24-17(22-3)23-11-9-14-5-7-15(8-6-14)18(19,20)21;/h5-8,13H,4,9-12H2,1-3H3,(H,25,26)(H2,22,23,24);1H. The quantitative estimate of drug-likeness (QED) is 0.292. The van der Waals surface area contributed by atoms with Crippen molar-refractivity contribution in [2.24, 2.45) is 4.99 Å². The smallest absolute Gasteiger partial charge is 0.356 e. The molecule has 0 aliphatic carbocycles. The van der Waals surface area contributed by atoms with Crippen LogP contribution in [0.15, 0.2) is 29.3 Å². The fourth-order valence-corrected chi connectivity index (χ4v) is 2.15. The molecule has 9 heteroatoms. The van der Waals surface area contributed by atoms with Crippen LogP contribution in [0.2, 0.25) is 0 Å². The summed E-state index contributed by atoms with van der Waals surface area (Å²) in [5.41, 5.74) is 0.149. The molecule has 5 nitrogen and oxygen atoms in total. The average Bonchev–Trinajstić information content (AvgIpc) is 2.59. The van der Waals surface area contributed by atoms with Gasteiger partial charge in [-0.25, -0.2) is 0 Å². The van der Waals surface area contributed by atoms with Gasteiger partial charge in [0, 0.05) is 32.6 Å². The van der Waals surface area contributed by atoms with E-state index >= 15 is 0 Å². The molecule has 1 amide bonds. The lowest BCUT2D eigenvalue weighted by molar-refractivity contribution is -0.137. The molecule has 1 rings (SSSR count). The number of rotatable bonds is 8. The summed E-state index contributed by atoms with van der Waals surface area (Å²) in [6.45, 7) is 4.92. The van der Waals surface area contributed by atoms with Crippen LogP contribution in [0.3, 0.4) is 0 Å². The minimum Gasteiger partial charge on any atom is -0.356 e. The first-order valence-electron chi connectivity index (χ1n) is 8.66. The van der Waals surface area contributed by atoms with E-state index in [-0.39, 0.29) is 35.9 Å². The Kier molecular flexibility index (Phi) is 12.1. The van der Waals surface area contributed by atoms with Crippen molar-refractivity contribution in [2.75, 3.05) is 20.1 Å². The van der Waals surface area contributed by atoms with Gasteiger partial charge in [-0.2, -0.15) is 13.2 Å². The average molecular weight is 500 g/mol. The lowest BCUT2D eigenvalue weighted by Gasteiger charge is -2.14. The van der Waals surface area contributed by atoms with Crippen LogP contribution in [-0.4, -0.2) is 38.0 Å².